The molecule has 1 aromatic heterocycles. The van der Waals surface area contributed by atoms with Gasteiger partial charge in [-0.2, -0.15) is 11.8 Å². The summed E-state index contributed by atoms with van der Waals surface area (Å²) in [5.41, 5.74) is 5.22. The van der Waals surface area contributed by atoms with Crippen molar-refractivity contribution in [2.45, 2.75) is 33.6 Å². The van der Waals surface area contributed by atoms with E-state index < -0.39 is 0 Å². The first-order chi connectivity index (χ1) is 9.04. The zero-order valence-corrected chi connectivity index (χ0v) is 12.4. The van der Waals surface area contributed by atoms with Crippen LogP contribution in [0.4, 0.5) is 0 Å². The fraction of sp³-hybridized carbons (Fsp3) is 0.538. The molecule has 1 heterocycles. The van der Waals surface area contributed by atoms with Crippen LogP contribution in [0.2, 0.25) is 0 Å². The third-order valence-corrected chi connectivity index (χ3v) is 3.52. The highest BCUT2D eigenvalue weighted by Crippen LogP contribution is 2.12. The summed E-state index contributed by atoms with van der Waals surface area (Å²) in [6, 6.07) is 1.65. The fourth-order valence-corrected chi connectivity index (χ4v) is 2.39. The van der Waals surface area contributed by atoms with Crippen LogP contribution in [0.3, 0.4) is 0 Å². The Hall–Kier alpha value is -1.43. The molecule has 6 heteroatoms. The fourth-order valence-electron chi connectivity index (χ4n) is 1.50. The van der Waals surface area contributed by atoms with Crippen molar-refractivity contribution in [1.82, 2.24) is 10.9 Å². The van der Waals surface area contributed by atoms with Gasteiger partial charge in [-0.05, 0) is 32.1 Å². The predicted octanol–water partition coefficient (Wildman–Crippen LogP) is 2.19. The van der Waals surface area contributed by atoms with E-state index in [2.05, 4.69) is 17.8 Å². The Morgan fingerprint density at radius 1 is 1.32 bits per heavy atom. The van der Waals surface area contributed by atoms with Crippen molar-refractivity contribution in [3.8, 4) is 0 Å². The van der Waals surface area contributed by atoms with Gasteiger partial charge in [0.1, 0.15) is 11.5 Å². The molecule has 1 rings (SSSR count). The molecule has 0 radical (unpaired) electrons. The quantitative estimate of drug-likeness (QED) is 0.620. The number of amides is 2. The van der Waals surface area contributed by atoms with Gasteiger partial charge < -0.3 is 4.42 Å². The van der Waals surface area contributed by atoms with Gasteiger partial charge in [-0.25, -0.2) is 0 Å². The monoisotopic (exact) mass is 284 g/mol. The second-order valence-corrected chi connectivity index (χ2v) is 5.34. The maximum absolute atomic E-state index is 11.8. The Balaban J connectivity index is 2.30. The molecule has 5 nitrogen and oxygen atoms in total. The highest BCUT2D eigenvalue weighted by Gasteiger charge is 2.13. The molecule has 0 fully saturated rings. The molecule has 0 spiro atoms. The van der Waals surface area contributed by atoms with Crippen molar-refractivity contribution in [3.63, 3.8) is 0 Å². The lowest BCUT2D eigenvalue weighted by Gasteiger charge is -2.06. The van der Waals surface area contributed by atoms with Gasteiger partial charge in [-0.3, -0.25) is 20.4 Å². The molecule has 2 N–H and O–H groups in total. The molecule has 0 aliphatic heterocycles. The maximum Gasteiger partial charge on any atom is 0.273 e. The van der Waals surface area contributed by atoms with E-state index in [0.717, 1.165) is 18.6 Å². The zero-order valence-electron chi connectivity index (χ0n) is 11.5. The van der Waals surface area contributed by atoms with E-state index in [1.165, 1.54) is 0 Å². The Bertz CT molecular complexity index is 443. The largest absolute Gasteiger partial charge is 0.466 e. The van der Waals surface area contributed by atoms with E-state index in [0.29, 0.717) is 22.8 Å². The lowest BCUT2D eigenvalue weighted by Crippen LogP contribution is -2.42. The number of rotatable bonds is 6. The van der Waals surface area contributed by atoms with Crippen LogP contribution >= 0.6 is 11.8 Å². The Morgan fingerprint density at radius 3 is 2.63 bits per heavy atom. The van der Waals surface area contributed by atoms with Crippen molar-refractivity contribution in [1.29, 1.82) is 0 Å². The minimum atomic E-state index is -0.360. The van der Waals surface area contributed by atoms with Crippen molar-refractivity contribution in [3.05, 3.63) is 23.2 Å². The standard InChI is InChI=1S/C13H20N2O3S/c1-4-5-6-19-8-12(16)14-15-13(17)11-7-9(2)18-10(11)3/h7H,4-6,8H2,1-3H3,(H,14,16)(H,15,17). The molecule has 0 unspecified atom stereocenters. The molecule has 0 saturated heterocycles. The SMILES string of the molecule is CCCCSCC(=O)NNC(=O)c1cc(C)oc1C. The lowest BCUT2D eigenvalue weighted by molar-refractivity contribution is -0.119. The average Bonchev–Trinajstić information content (AvgIpc) is 2.71. The molecule has 0 bridgehead atoms. The number of unbranched alkanes of at least 4 members (excludes halogenated alkanes) is 1. The number of nitrogens with one attached hydrogen (secondary N) is 2. The normalized spacial score (nSPS) is 10.3. The van der Waals surface area contributed by atoms with Crippen molar-refractivity contribution in [2.24, 2.45) is 0 Å². The Morgan fingerprint density at radius 2 is 2.05 bits per heavy atom. The van der Waals surface area contributed by atoms with Gasteiger partial charge in [0.15, 0.2) is 0 Å². The molecule has 0 aromatic carbocycles. The number of hydrazine groups is 1. The highest BCUT2D eigenvalue weighted by molar-refractivity contribution is 7.99. The molecule has 19 heavy (non-hydrogen) atoms. The number of hydrogen-bond acceptors (Lipinski definition) is 4. The minimum absolute atomic E-state index is 0.202. The van der Waals surface area contributed by atoms with Gasteiger partial charge >= 0.3 is 0 Å². The summed E-state index contributed by atoms with van der Waals surface area (Å²) >= 11 is 1.56. The topological polar surface area (TPSA) is 71.3 Å². The van der Waals surface area contributed by atoms with Crippen molar-refractivity contribution >= 4 is 23.6 Å². The van der Waals surface area contributed by atoms with Crippen LogP contribution in [0.25, 0.3) is 0 Å². The van der Waals surface area contributed by atoms with E-state index >= 15 is 0 Å². The molecule has 0 saturated carbocycles. The molecule has 106 valence electrons. The first-order valence-corrected chi connectivity index (χ1v) is 7.44. The van der Waals surface area contributed by atoms with Crippen LogP contribution in [0.1, 0.15) is 41.6 Å². The molecular formula is C13H20N2O3S. The summed E-state index contributed by atoms with van der Waals surface area (Å²) in [5.74, 6) is 1.96. The zero-order chi connectivity index (χ0) is 14.3. The number of carbonyl (C=O) groups excluding carboxylic acids is 2. The number of thioether (sulfide) groups is 1. The molecule has 0 aliphatic carbocycles. The number of aryl methyl sites for hydroxylation is 2. The number of carbonyl (C=O) groups is 2. The summed E-state index contributed by atoms with van der Waals surface area (Å²) in [6.45, 7) is 5.59. The minimum Gasteiger partial charge on any atom is -0.466 e. The van der Waals surface area contributed by atoms with Crippen LogP contribution < -0.4 is 10.9 Å². The second-order valence-electron chi connectivity index (χ2n) is 4.24. The van der Waals surface area contributed by atoms with Gasteiger partial charge in [0.2, 0.25) is 5.91 Å². The van der Waals surface area contributed by atoms with Crippen LogP contribution in [0, 0.1) is 13.8 Å². The van der Waals surface area contributed by atoms with Gasteiger partial charge in [0.25, 0.3) is 5.91 Å². The maximum atomic E-state index is 11.8. The van der Waals surface area contributed by atoms with Gasteiger partial charge in [-0.1, -0.05) is 13.3 Å². The third kappa shape index (κ3) is 5.38. The summed E-state index contributed by atoms with van der Waals surface area (Å²) in [5, 5.41) is 0. The first-order valence-electron chi connectivity index (χ1n) is 6.28. The van der Waals surface area contributed by atoms with E-state index in [-0.39, 0.29) is 11.8 Å². The predicted molar refractivity (Wildman–Crippen MR) is 76.0 cm³/mol. The van der Waals surface area contributed by atoms with E-state index in [9.17, 15) is 9.59 Å². The Labute approximate surface area is 117 Å². The summed E-state index contributed by atoms with van der Waals surface area (Å²) in [7, 11) is 0. The molecule has 1 aromatic rings. The van der Waals surface area contributed by atoms with Crippen molar-refractivity contribution < 1.29 is 14.0 Å². The summed E-state index contributed by atoms with van der Waals surface area (Å²) < 4.78 is 5.26. The van der Waals surface area contributed by atoms with E-state index in [1.807, 2.05) is 0 Å². The van der Waals surface area contributed by atoms with E-state index in [4.69, 9.17) is 4.42 Å². The van der Waals surface area contributed by atoms with Crippen molar-refractivity contribution in [2.75, 3.05) is 11.5 Å². The van der Waals surface area contributed by atoms with Crippen LogP contribution in [-0.4, -0.2) is 23.3 Å². The van der Waals surface area contributed by atoms with Crippen LogP contribution in [-0.2, 0) is 4.79 Å². The highest BCUT2D eigenvalue weighted by atomic mass is 32.2. The third-order valence-electron chi connectivity index (χ3n) is 2.48. The molecule has 2 amide bonds. The van der Waals surface area contributed by atoms with Crippen LogP contribution in [0.5, 0.6) is 0 Å². The molecular weight excluding hydrogens is 264 g/mol. The van der Waals surface area contributed by atoms with Gasteiger partial charge in [0, 0.05) is 0 Å². The first kappa shape index (κ1) is 15.6. The van der Waals surface area contributed by atoms with Gasteiger partial charge in [0.05, 0.1) is 11.3 Å². The number of hydrogen-bond donors (Lipinski definition) is 2. The number of furan rings is 1. The summed E-state index contributed by atoms with van der Waals surface area (Å²) in [4.78, 5) is 23.2. The molecule has 0 atom stereocenters. The average molecular weight is 284 g/mol. The molecule has 0 aliphatic rings. The Kier molecular flexibility index (Phi) is 6.49. The van der Waals surface area contributed by atoms with E-state index in [1.54, 1.807) is 31.7 Å². The summed E-state index contributed by atoms with van der Waals surface area (Å²) in [6.07, 6.45) is 2.21. The van der Waals surface area contributed by atoms with Crippen LogP contribution in [0.15, 0.2) is 10.5 Å². The smallest absolute Gasteiger partial charge is 0.273 e. The second kappa shape index (κ2) is 7.89. The lowest BCUT2D eigenvalue weighted by atomic mass is 10.2. The van der Waals surface area contributed by atoms with Gasteiger partial charge in [-0.15, -0.1) is 0 Å².